The summed E-state index contributed by atoms with van der Waals surface area (Å²) in [5.41, 5.74) is 5.34. The van der Waals surface area contributed by atoms with Crippen molar-refractivity contribution in [3.8, 4) is 11.3 Å². The van der Waals surface area contributed by atoms with Gasteiger partial charge in [-0.05, 0) is 49.1 Å². The van der Waals surface area contributed by atoms with Crippen molar-refractivity contribution in [2.45, 2.75) is 33.1 Å². The minimum Gasteiger partial charge on any atom is -0.306 e. The van der Waals surface area contributed by atoms with E-state index in [-0.39, 0.29) is 0 Å². The first-order chi connectivity index (χ1) is 10.6. The largest absolute Gasteiger partial charge is 0.306 e. The highest BCUT2D eigenvalue weighted by Crippen LogP contribution is 2.30. The van der Waals surface area contributed by atoms with E-state index in [4.69, 9.17) is 28.2 Å². The van der Waals surface area contributed by atoms with E-state index in [2.05, 4.69) is 30.5 Å². The Kier molecular flexibility index (Phi) is 4.42. The van der Waals surface area contributed by atoms with Crippen molar-refractivity contribution in [2.75, 3.05) is 0 Å². The predicted octanol–water partition coefficient (Wildman–Crippen LogP) is 5.96. The quantitative estimate of drug-likeness (QED) is 0.576. The number of rotatable bonds is 4. The number of imidazole rings is 1. The molecule has 0 spiro atoms. The summed E-state index contributed by atoms with van der Waals surface area (Å²) in [5.74, 6) is 0. The van der Waals surface area contributed by atoms with Crippen LogP contribution < -0.4 is 0 Å². The van der Waals surface area contributed by atoms with Crippen molar-refractivity contribution in [1.29, 1.82) is 0 Å². The third-order valence-electron chi connectivity index (χ3n) is 3.77. The third-order valence-corrected chi connectivity index (χ3v) is 4.32. The van der Waals surface area contributed by atoms with Gasteiger partial charge in [-0.25, -0.2) is 4.98 Å². The second-order valence-electron chi connectivity index (χ2n) is 5.63. The zero-order valence-electron chi connectivity index (χ0n) is 12.7. The van der Waals surface area contributed by atoms with E-state index in [1.165, 1.54) is 24.0 Å². The van der Waals surface area contributed by atoms with Gasteiger partial charge in [0.25, 0.3) is 0 Å². The van der Waals surface area contributed by atoms with Gasteiger partial charge in [0.2, 0.25) is 0 Å². The van der Waals surface area contributed by atoms with Crippen LogP contribution in [0, 0.1) is 6.92 Å². The highest BCUT2D eigenvalue weighted by Gasteiger charge is 2.11. The number of fused-ring (bicyclic) bond motifs is 1. The first kappa shape index (κ1) is 15.4. The maximum atomic E-state index is 6.31. The molecule has 0 aliphatic carbocycles. The lowest BCUT2D eigenvalue weighted by Gasteiger charge is -2.04. The summed E-state index contributed by atoms with van der Waals surface area (Å²) in [6, 6.07) is 7.75. The number of aromatic nitrogens is 2. The molecule has 2 aromatic heterocycles. The molecule has 0 N–H and O–H groups in total. The molecule has 2 heterocycles. The minimum atomic E-state index is 0.628. The van der Waals surface area contributed by atoms with Crippen molar-refractivity contribution >= 4 is 28.8 Å². The number of benzene rings is 1. The maximum absolute atomic E-state index is 6.31. The number of hydrogen-bond donors (Lipinski definition) is 0. The molecule has 3 aromatic rings. The molecule has 2 nitrogen and oxygen atoms in total. The summed E-state index contributed by atoms with van der Waals surface area (Å²) >= 11 is 12.3. The first-order valence-corrected chi connectivity index (χ1v) is 8.27. The molecule has 0 aliphatic rings. The van der Waals surface area contributed by atoms with Crippen molar-refractivity contribution < 1.29 is 0 Å². The smallest absolute Gasteiger partial charge is 0.140 e. The molecule has 0 saturated carbocycles. The summed E-state index contributed by atoms with van der Waals surface area (Å²) < 4.78 is 2.10. The average molecular weight is 333 g/mol. The Balaban J connectivity index is 2.12. The fourth-order valence-electron chi connectivity index (χ4n) is 2.70. The van der Waals surface area contributed by atoms with Crippen LogP contribution in [-0.4, -0.2) is 9.38 Å². The van der Waals surface area contributed by atoms with Gasteiger partial charge in [0.1, 0.15) is 5.65 Å². The van der Waals surface area contributed by atoms with Gasteiger partial charge in [0, 0.05) is 23.0 Å². The van der Waals surface area contributed by atoms with Gasteiger partial charge >= 0.3 is 0 Å². The number of unbranched alkanes of at least 4 members (excludes halogenated alkanes) is 1. The molecule has 114 valence electrons. The Morgan fingerprint density at radius 1 is 1.14 bits per heavy atom. The fourth-order valence-corrected chi connectivity index (χ4v) is 3.21. The molecule has 0 bridgehead atoms. The van der Waals surface area contributed by atoms with Crippen molar-refractivity contribution in [3.63, 3.8) is 0 Å². The van der Waals surface area contributed by atoms with E-state index in [0.29, 0.717) is 10.0 Å². The van der Waals surface area contributed by atoms with Crippen LogP contribution in [0.15, 0.2) is 36.7 Å². The number of pyridine rings is 1. The zero-order chi connectivity index (χ0) is 15.7. The molecule has 0 atom stereocenters. The van der Waals surface area contributed by atoms with Gasteiger partial charge in [0.05, 0.1) is 10.7 Å². The van der Waals surface area contributed by atoms with E-state index in [1.807, 2.05) is 18.3 Å². The summed E-state index contributed by atoms with van der Waals surface area (Å²) in [6.07, 6.45) is 7.53. The molecule has 0 amide bonds. The number of hydrogen-bond acceptors (Lipinski definition) is 1. The summed E-state index contributed by atoms with van der Waals surface area (Å²) in [5, 5.41) is 1.26. The lowest BCUT2D eigenvalue weighted by Crippen LogP contribution is -1.94. The molecular weight excluding hydrogens is 315 g/mol. The molecule has 0 saturated heterocycles. The standard InChI is InChI=1S/C18H18Cl2N2/c1-3-4-5-13-8-12(2)10-22-11-17(21-18(13)22)15-7-6-14(19)9-16(15)20/h6-11H,3-5H2,1-2H3. The number of halogens is 2. The van der Waals surface area contributed by atoms with E-state index in [0.717, 1.165) is 23.3 Å². The van der Waals surface area contributed by atoms with E-state index in [1.54, 1.807) is 6.07 Å². The number of nitrogens with zero attached hydrogens (tertiary/aromatic N) is 2. The lowest BCUT2D eigenvalue weighted by molar-refractivity contribution is 0.793. The van der Waals surface area contributed by atoms with Crippen molar-refractivity contribution in [1.82, 2.24) is 9.38 Å². The zero-order valence-corrected chi connectivity index (χ0v) is 14.2. The van der Waals surface area contributed by atoms with Crippen LogP contribution in [0.5, 0.6) is 0 Å². The van der Waals surface area contributed by atoms with Crippen LogP contribution in [0.4, 0.5) is 0 Å². The van der Waals surface area contributed by atoms with Crippen LogP contribution in [0.2, 0.25) is 10.0 Å². The fraction of sp³-hybridized carbons (Fsp3) is 0.278. The van der Waals surface area contributed by atoms with Gasteiger partial charge in [-0.2, -0.15) is 0 Å². The Morgan fingerprint density at radius 2 is 1.95 bits per heavy atom. The Morgan fingerprint density at radius 3 is 2.68 bits per heavy atom. The Bertz CT molecular complexity index is 821. The van der Waals surface area contributed by atoms with Crippen LogP contribution in [-0.2, 0) is 6.42 Å². The van der Waals surface area contributed by atoms with E-state index >= 15 is 0 Å². The molecular formula is C18H18Cl2N2. The van der Waals surface area contributed by atoms with Gasteiger partial charge in [-0.15, -0.1) is 0 Å². The Labute approximate surface area is 140 Å². The summed E-state index contributed by atoms with van der Waals surface area (Å²) in [7, 11) is 0. The molecule has 22 heavy (non-hydrogen) atoms. The van der Waals surface area contributed by atoms with Crippen LogP contribution in [0.1, 0.15) is 30.9 Å². The van der Waals surface area contributed by atoms with E-state index < -0.39 is 0 Å². The lowest BCUT2D eigenvalue weighted by atomic mass is 10.1. The van der Waals surface area contributed by atoms with Crippen LogP contribution in [0.25, 0.3) is 16.9 Å². The summed E-state index contributed by atoms with van der Waals surface area (Å²) in [4.78, 5) is 4.80. The highest BCUT2D eigenvalue weighted by molar-refractivity contribution is 6.36. The SMILES string of the molecule is CCCCc1cc(C)cn2cc(-c3ccc(Cl)cc3Cl)nc12. The van der Waals surface area contributed by atoms with Gasteiger partial charge < -0.3 is 4.40 Å². The Hall–Kier alpha value is -1.51. The predicted molar refractivity (Wildman–Crippen MR) is 94.0 cm³/mol. The molecule has 0 radical (unpaired) electrons. The van der Waals surface area contributed by atoms with Crippen molar-refractivity contribution in [3.05, 3.63) is 57.8 Å². The monoisotopic (exact) mass is 332 g/mol. The molecule has 0 unspecified atom stereocenters. The topological polar surface area (TPSA) is 17.3 Å². The van der Waals surface area contributed by atoms with Crippen LogP contribution in [0.3, 0.4) is 0 Å². The molecule has 0 aliphatic heterocycles. The second-order valence-corrected chi connectivity index (χ2v) is 6.47. The average Bonchev–Trinajstić information content (AvgIpc) is 2.88. The summed E-state index contributed by atoms with van der Waals surface area (Å²) in [6.45, 7) is 4.32. The molecule has 1 aromatic carbocycles. The molecule has 4 heteroatoms. The van der Waals surface area contributed by atoms with Crippen molar-refractivity contribution in [2.24, 2.45) is 0 Å². The second kappa shape index (κ2) is 6.31. The first-order valence-electron chi connectivity index (χ1n) is 7.52. The van der Waals surface area contributed by atoms with Gasteiger partial charge in [-0.1, -0.05) is 42.6 Å². The normalized spacial score (nSPS) is 11.3. The highest BCUT2D eigenvalue weighted by atomic mass is 35.5. The van der Waals surface area contributed by atoms with Gasteiger partial charge in [-0.3, -0.25) is 0 Å². The van der Waals surface area contributed by atoms with E-state index in [9.17, 15) is 0 Å². The molecule has 0 fully saturated rings. The maximum Gasteiger partial charge on any atom is 0.140 e. The number of aryl methyl sites for hydroxylation is 2. The molecule has 3 rings (SSSR count). The minimum absolute atomic E-state index is 0.628. The van der Waals surface area contributed by atoms with Crippen LogP contribution >= 0.6 is 23.2 Å². The van der Waals surface area contributed by atoms with Gasteiger partial charge in [0.15, 0.2) is 0 Å². The third kappa shape index (κ3) is 2.99.